The summed E-state index contributed by atoms with van der Waals surface area (Å²) in [6.45, 7) is 5.38. The lowest BCUT2D eigenvalue weighted by Crippen LogP contribution is -2.37. The highest BCUT2D eigenvalue weighted by molar-refractivity contribution is 9.10. The molecule has 2 aromatic carbocycles. The van der Waals surface area contributed by atoms with E-state index in [2.05, 4.69) is 15.9 Å². The van der Waals surface area contributed by atoms with Crippen LogP contribution in [0.5, 0.6) is 0 Å². The van der Waals surface area contributed by atoms with Gasteiger partial charge in [-0.2, -0.15) is 0 Å². The summed E-state index contributed by atoms with van der Waals surface area (Å²) in [5, 5.41) is 0. The normalized spacial score (nSPS) is 13.1. The Hall–Kier alpha value is -1.57. The molecule has 28 heavy (non-hydrogen) atoms. The molecule has 1 unspecified atom stereocenters. The van der Waals surface area contributed by atoms with E-state index in [0.29, 0.717) is 12.0 Å². The number of hydrogen-bond acceptors (Lipinski definition) is 4. The molecular formula is C20H23BrClNO4S. The summed E-state index contributed by atoms with van der Waals surface area (Å²) in [5.74, 6) is 0. The fraction of sp³-hybridized carbons (Fsp3) is 0.350. The first-order chi connectivity index (χ1) is 12.9. The molecular weight excluding hydrogens is 466 g/mol. The molecule has 8 heteroatoms. The highest BCUT2D eigenvalue weighted by Gasteiger charge is 2.27. The van der Waals surface area contributed by atoms with Gasteiger partial charge in [0, 0.05) is 22.2 Å². The number of halogens is 2. The Morgan fingerprint density at radius 1 is 1.18 bits per heavy atom. The van der Waals surface area contributed by atoms with E-state index in [9.17, 15) is 13.2 Å². The van der Waals surface area contributed by atoms with E-state index in [0.717, 1.165) is 10.0 Å². The largest absolute Gasteiger partial charge is 0.444 e. The van der Waals surface area contributed by atoms with Crippen molar-refractivity contribution >= 4 is 41.8 Å². The van der Waals surface area contributed by atoms with Crippen LogP contribution in [0.2, 0.25) is 0 Å². The molecule has 0 fully saturated rings. The molecule has 1 amide bonds. The average Bonchev–Trinajstić information content (AvgIpc) is 2.57. The fourth-order valence-electron chi connectivity index (χ4n) is 2.70. The molecule has 5 nitrogen and oxygen atoms in total. The van der Waals surface area contributed by atoms with Crippen LogP contribution in [0, 0.1) is 0 Å². The molecule has 2 rings (SSSR count). The van der Waals surface area contributed by atoms with Gasteiger partial charge in [-0.15, -0.1) is 0 Å². The van der Waals surface area contributed by atoms with Crippen molar-refractivity contribution in [2.45, 2.75) is 43.7 Å². The van der Waals surface area contributed by atoms with E-state index in [1.807, 2.05) is 24.3 Å². The van der Waals surface area contributed by atoms with E-state index in [1.54, 1.807) is 40.0 Å². The SMILES string of the molecule is CN(C(=O)OC(C)(C)C)C(Cc1cccc(Br)c1)c1cccc(S(=O)(=O)Cl)c1. The minimum absolute atomic E-state index is 0.0107. The molecule has 0 aliphatic heterocycles. The maximum Gasteiger partial charge on any atom is 0.410 e. The smallest absolute Gasteiger partial charge is 0.410 e. The van der Waals surface area contributed by atoms with Gasteiger partial charge in [-0.3, -0.25) is 0 Å². The maximum absolute atomic E-state index is 12.7. The van der Waals surface area contributed by atoms with Crippen molar-refractivity contribution in [3.8, 4) is 0 Å². The van der Waals surface area contributed by atoms with Crippen LogP contribution in [0.15, 0.2) is 57.9 Å². The number of benzene rings is 2. The van der Waals surface area contributed by atoms with Crippen LogP contribution in [0.25, 0.3) is 0 Å². The molecule has 0 N–H and O–H groups in total. The molecule has 1 atom stereocenters. The van der Waals surface area contributed by atoms with E-state index >= 15 is 0 Å². The van der Waals surface area contributed by atoms with Crippen molar-refractivity contribution in [1.29, 1.82) is 0 Å². The van der Waals surface area contributed by atoms with Gasteiger partial charge in [0.05, 0.1) is 10.9 Å². The predicted molar refractivity (Wildman–Crippen MR) is 114 cm³/mol. The summed E-state index contributed by atoms with van der Waals surface area (Å²) in [7, 11) is 3.26. The summed E-state index contributed by atoms with van der Waals surface area (Å²) in [6, 6.07) is 13.6. The first kappa shape index (κ1) is 22.7. The van der Waals surface area contributed by atoms with Crippen LogP contribution in [-0.4, -0.2) is 32.1 Å². The lowest BCUT2D eigenvalue weighted by molar-refractivity contribution is 0.0219. The molecule has 0 aliphatic carbocycles. The highest BCUT2D eigenvalue weighted by Crippen LogP contribution is 2.29. The molecule has 0 aromatic heterocycles. The average molecular weight is 489 g/mol. The van der Waals surface area contributed by atoms with Crippen molar-refractivity contribution in [3.05, 3.63) is 64.1 Å². The van der Waals surface area contributed by atoms with Gasteiger partial charge in [0.15, 0.2) is 0 Å². The number of amides is 1. The van der Waals surface area contributed by atoms with Crippen molar-refractivity contribution in [2.24, 2.45) is 0 Å². The third kappa shape index (κ3) is 6.50. The lowest BCUT2D eigenvalue weighted by Gasteiger charge is -2.31. The zero-order valence-electron chi connectivity index (χ0n) is 16.1. The Balaban J connectivity index is 2.45. The quantitative estimate of drug-likeness (QED) is 0.519. The molecule has 0 heterocycles. The second-order valence-electron chi connectivity index (χ2n) is 7.45. The molecule has 0 saturated heterocycles. The highest BCUT2D eigenvalue weighted by atomic mass is 79.9. The van der Waals surface area contributed by atoms with E-state index in [1.165, 1.54) is 17.0 Å². The van der Waals surface area contributed by atoms with Gasteiger partial charge in [0.2, 0.25) is 0 Å². The standard InChI is InChI=1S/C20H23BrClNO4S/c1-20(2,3)27-19(24)23(4)18(12-14-7-5-9-16(21)11-14)15-8-6-10-17(13-15)28(22,25)26/h5-11,13,18H,12H2,1-4H3. The Labute approximate surface area is 179 Å². The van der Waals surface area contributed by atoms with Gasteiger partial charge < -0.3 is 9.64 Å². The number of ether oxygens (including phenoxy) is 1. The van der Waals surface area contributed by atoms with Gasteiger partial charge in [0.1, 0.15) is 5.60 Å². The van der Waals surface area contributed by atoms with Gasteiger partial charge >= 0.3 is 6.09 Å². The molecule has 0 saturated carbocycles. The topological polar surface area (TPSA) is 63.7 Å². The van der Waals surface area contributed by atoms with Crippen molar-refractivity contribution in [3.63, 3.8) is 0 Å². The minimum atomic E-state index is -3.88. The number of hydrogen-bond donors (Lipinski definition) is 0. The number of nitrogens with zero attached hydrogens (tertiary/aromatic N) is 1. The molecule has 0 aliphatic rings. The summed E-state index contributed by atoms with van der Waals surface area (Å²) < 4.78 is 29.9. The molecule has 2 aromatic rings. The number of carbonyl (C=O) groups is 1. The van der Waals surface area contributed by atoms with Gasteiger partial charge in [0.25, 0.3) is 9.05 Å². The Morgan fingerprint density at radius 2 is 1.82 bits per heavy atom. The van der Waals surface area contributed by atoms with Crippen molar-refractivity contribution in [2.75, 3.05) is 7.05 Å². The van der Waals surface area contributed by atoms with Crippen LogP contribution >= 0.6 is 26.6 Å². The second-order valence-corrected chi connectivity index (χ2v) is 10.9. The Kier molecular flexibility index (Phi) is 7.17. The lowest BCUT2D eigenvalue weighted by atomic mass is 9.98. The molecule has 0 spiro atoms. The monoisotopic (exact) mass is 487 g/mol. The predicted octanol–water partition coefficient (Wildman–Crippen LogP) is 5.53. The summed E-state index contributed by atoms with van der Waals surface area (Å²) >= 11 is 3.45. The van der Waals surface area contributed by atoms with Crippen LogP contribution in [0.4, 0.5) is 4.79 Å². The number of carbonyl (C=O) groups excluding carboxylic acids is 1. The number of likely N-dealkylation sites (N-methyl/N-ethyl adjacent to an activating group) is 1. The summed E-state index contributed by atoms with van der Waals surface area (Å²) in [4.78, 5) is 14.1. The van der Waals surface area contributed by atoms with Gasteiger partial charge in [-0.05, 0) is 62.6 Å². The summed E-state index contributed by atoms with van der Waals surface area (Å²) in [6.07, 6.45) is -0.0207. The third-order valence-corrected chi connectivity index (χ3v) is 5.84. The van der Waals surface area contributed by atoms with E-state index < -0.39 is 26.8 Å². The zero-order valence-corrected chi connectivity index (χ0v) is 19.3. The van der Waals surface area contributed by atoms with E-state index in [4.69, 9.17) is 15.4 Å². The van der Waals surface area contributed by atoms with Crippen molar-refractivity contribution < 1.29 is 17.9 Å². The van der Waals surface area contributed by atoms with Gasteiger partial charge in [-0.25, -0.2) is 13.2 Å². The zero-order chi connectivity index (χ0) is 21.1. The summed E-state index contributed by atoms with van der Waals surface area (Å²) in [5.41, 5.74) is 0.983. The van der Waals surface area contributed by atoms with Crippen LogP contribution in [0.3, 0.4) is 0 Å². The first-order valence-corrected chi connectivity index (χ1v) is 11.7. The maximum atomic E-state index is 12.7. The second kappa shape index (κ2) is 8.84. The van der Waals surface area contributed by atoms with Crippen LogP contribution in [-0.2, 0) is 20.2 Å². The Bertz CT molecular complexity index is 957. The minimum Gasteiger partial charge on any atom is -0.444 e. The first-order valence-electron chi connectivity index (χ1n) is 8.62. The molecule has 0 bridgehead atoms. The Morgan fingerprint density at radius 3 is 2.39 bits per heavy atom. The fourth-order valence-corrected chi connectivity index (χ4v) is 3.95. The molecule has 152 valence electrons. The van der Waals surface area contributed by atoms with E-state index in [-0.39, 0.29) is 4.90 Å². The van der Waals surface area contributed by atoms with Crippen LogP contribution in [0.1, 0.15) is 37.9 Å². The molecule has 0 radical (unpaired) electrons. The van der Waals surface area contributed by atoms with Crippen molar-refractivity contribution in [1.82, 2.24) is 4.90 Å². The van der Waals surface area contributed by atoms with Gasteiger partial charge in [-0.1, -0.05) is 40.2 Å². The number of rotatable bonds is 5. The van der Waals surface area contributed by atoms with Crippen LogP contribution < -0.4 is 0 Å². The third-order valence-electron chi connectivity index (χ3n) is 3.99.